The first kappa shape index (κ1) is 21.0. The van der Waals surface area contributed by atoms with Crippen molar-refractivity contribution in [2.24, 2.45) is 0 Å². The van der Waals surface area contributed by atoms with Gasteiger partial charge in [-0.2, -0.15) is 13.2 Å². The van der Waals surface area contributed by atoms with Crippen LogP contribution in [-0.4, -0.2) is 42.2 Å². The number of aromatic nitrogens is 1. The van der Waals surface area contributed by atoms with E-state index >= 15 is 0 Å². The molecule has 1 aliphatic heterocycles. The molecule has 3 nitrogen and oxygen atoms in total. The molecule has 0 radical (unpaired) electrons. The number of fused-ring (bicyclic) bond motifs is 1. The normalized spacial score (nSPS) is 17.0. The molecule has 0 saturated carbocycles. The number of para-hydroxylation sites is 1. The lowest BCUT2D eigenvalue weighted by Gasteiger charge is -2.36. The molecule has 0 amide bonds. The van der Waals surface area contributed by atoms with Crippen LogP contribution in [0, 0.1) is 0 Å². The summed E-state index contributed by atoms with van der Waals surface area (Å²) in [6.45, 7) is 2.68. The first-order valence-electron chi connectivity index (χ1n) is 7.40. The second-order valence-electron chi connectivity index (χ2n) is 5.54. The molecule has 0 spiro atoms. The van der Waals surface area contributed by atoms with Gasteiger partial charge in [0.1, 0.15) is 0 Å². The summed E-state index contributed by atoms with van der Waals surface area (Å²) in [5, 5.41) is 3.99. The Morgan fingerprint density at radius 3 is 2.42 bits per heavy atom. The molecule has 0 unspecified atom stereocenters. The van der Waals surface area contributed by atoms with Crippen molar-refractivity contribution in [1.82, 2.24) is 15.2 Å². The van der Waals surface area contributed by atoms with E-state index in [4.69, 9.17) is 0 Å². The lowest BCUT2D eigenvalue weighted by atomic mass is 9.97. The lowest BCUT2D eigenvalue weighted by Crippen LogP contribution is -2.46. The van der Waals surface area contributed by atoms with Gasteiger partial charge in [0.2, 0.25) is 0 Å². The van der Waals surface area contributed by atoms with E-state index in [1.165, 1.54) is 0 Å². The van der Waals surface area contributed by atoms with E-state index in [0.29, 0.717) is 18.7 Å². The summed E-state index contributed by atoms with van der Waals surface area (Å²) in [6.07, 6.45) is -3.43. The van der Waals surface area contributed by atoms with Crippen LogP contribution in [0.1, 0.15) is 18.0 Å². The molecular weight excluding hydrogens is 362 g/mol. The van der Waals surface area contributed by atoms with Crippen LogP contribution in [-0.2, 0) is 0 Å². The maximum absolute atomic E-state index is 13.1. The number of piperazine rings is 1. The van der Waals surface area contributed by atoms with Crippen LogP contribution in [0.3, 0.4) is 0 Å². The van der Waals surface area contributed by atoms with E-state index in [2.05, 4.69) is 10.3 Å². The zero-order valence-corrected chi connectivity index (χ0v) is 14.6. The largest absolute Gasteiger partial charge is 0.390 e. The molecule has 1 N–H and O–H groups in total. The van der Waals surface area contributed by atoms with Crippen molar-refractivity contribution in [3.63, 3.8) is 0 Å². The van der Waals surface area contributed by atoms with Crippen molar-refractivity contribution in [3.8, 4) is 0 Å². The first-order valence-corrected chi connectivity index (χ1v) is 7.40. The van der Waals surface area contributed by atoms with Gasteiger partial charge in [0.05, 0.1) is 11.9 Å². The van der Waals surface area contributed by atoms with Crippen LogP contribution in [0.5, 0.6) is 0 Å². The van der Waals surface area contributed by atoms with Crippen LogP contribution in [0.15, 0.2) is 36.5 Å². The summed E-state index contributed by atoms with van der Waals surface area (Å²) in [5.41, 5.74) is 1.45. The van der Waals surface area contributed by atoms with Crippen LogP contribution < -0.4 is 5.32 Å². The third-order valence-corrected chi connectivity index (χ3v) is 4.06. The Bertz CT molecular complexity index is 640. The van der Waals surface area contributed by atoms with Crippen molar-refractivity contribution in [2.75, 3.05) is 26.2 Å². The van der Waals surface area contributed by atoms with E-state index in [9.17, 15) is 13.2 Å². The van der Waals surface area contributed by atoms with E-state index in [0.717, 1.165) is 24.0 Å². The second kappa shape index (κ2) is 8.85. The molecule has 0 bridgehead atoms. The summed E-state index contributed by atoms with van der Waals surface area (Å²) in [4.78, 5) is 6.18. The van der Waals surface area contributed by atoms with E-state index in [-0.39, 0.29) is 24.8 Å². The van der Waals surface area contributed by atoms with Crippen molar-refractivity contribution in [2.45, 2.75) is 18.6 Å². The highest BCUT2D eigenvalue weighted by Gasteiger charge is 2.36. The lowest BCUT2D eigenvalue weighted by molar-refractivity contribution is -0.148. The minimum Gasteiger partial charge on any atom is -0.314 e. The number of pyridine rings is 1. The molecule has 1 aromatic carbocycles. The number of alkyl halides is 3. The average Bonchev–Trinajstić information content (AvgIpc) is 2.52. The number of halogens is 5. The maximum Gasteiger partial charge on any atom is 0.390 e. The standard InChI is InChI=1S/C16H18F3N3.2ClH/c17-16(18,19)11-15(22-9-7-20-8-10-22)13-5-6-21-14-4-2-1-3-12(13)14;;/h1-6,15,20H,7-11H2;2*1H/t15-;;/m0../s1. The molecule has 8 heteroatoms. The summed E-state index contributed by atoms with van der Waals surface area (Å²) < 4.78 is 39.3. The van der Waals surface area contributed by atoms with Gasteiger partial charge < -0.3 is 5.32 Å². The van der Waals surface area contributed by atoms with Crippen LogP contribution in [0.4, 0.5) is 13.2 Å². The first-order chi connectivity index (χ1) is 10.5. The summed E-state index contributed by atoms with van der Waals surface area (Å²) in [5.74, 6) is 0. The van der Waals surface area contributed by atoms with Gasteiger partial charge in [-0.05, 0) is 17.7 Å². The zero-order chi connectivity index (χ0) is 15.6. The fourth-order valence-electron chi connectivity index (χ4n) is 3.06. The quantitative estimate of drug-likeness (QED) is 0.871. The molecule has 1 aliphatic rings. The van der Waals surface area contributed by atoms with Crippen molar-refractivity contribution in [1.29, 1.82) is 0 Å². The molecule has 1 fully saturated rings. The Morgan fingerprint density at radius 1 is 1.08 bits per heavy atom. The van der Waals surface area contributed by atoms with Crippen LogP contribution in [0.2, 0.25) is 0 Å². The van der Waals surface area contributed by atoms with E-state index < -0.39 is 18.6 Å². The van der Waals surface area contributed by atoms with Gasteiger partial charge in [-0.25, -0.2) is 0 Å². The summed E-state index contributed by atoms with van der Waals surface area (Å²) >= 11 is 0. The number of rotatable bonds is 3. The highest BCUT2D eigenvalue weighted by Crippen LogP contribution is 2.36. The minimum atomic E-state index is -4.19. The molecule has 0 aliphatic carbocycles. The third-order valence-electron chi connectivity index (χ3n) is 4.06. The molecule has 24 heavy (non-hydrogen) atoms. The van der Waals surface area contributed by atoms with Gasteiger partial charge in [0, 0.05) is 43.8 Å². The third kappa shape index (κ3) is 4.96. The predicted octanol–water partition coefficient (Wildman–Crippen LogP) is 3.98. The Morgan fingerprint density at radius 2 is 1.75 bits per heavy atom. The fourth-order valence-corrected chi connectivity index (χ4v) is 3.06. The summed E-state index contributed by atoms with van der Waals surface area (Å²) in [6, 6.07) is 8.44. The molecule has 1 saturated heterocycles. The molecule has 1 atom stereocenters. The Balaban J connectivity index is 0.00000144. The smallest absolute Gasteiger partial charge is 0.314 e. The van der Waals surface area contributed by atoms with Crippen molar-refractivity contribution in [3.05, 3.63) is 42.1 Å². The van der Waals surface area contributed by atoms with Crippen molar-refractivity contribution < 1.29 is 13.2 Å². The number of hydrogen-bond donors (Lipinski definition) is 1. The molecular formula is C16H20Cl2F3N3. The molecule has 3 rings (SSSR count). The summed E-state index contributed by atoms with van der Waals surface area (Å²) in [7, 11) is 0. The van der Waals surface area contributed by atoms with Crippen molar-refractivity contribution >= 4 is 35.7 Å². The number of benzene rings is 1. The topological polar surface area (TPSA) is 28.2 Å². The van der Waals surface area contributed by atoms with Gasteiger partial charge in [0.25, 0.3) is 0 Å². The molecule has 2 aromatic rings. The fraction of sp³-hybridized carbons (Fsp3) is 0.438. The molecule has 1 aromatic heterocycles. The van der Waals surface area contributed by atoms with E-state index in [1.54, 1.807) is 12.3 Å². The monoisotopic (exact) mass is 381 g/mol. The number of nitrogens with one attached hydrogen (secondary N) is 1. The van der Waals surface area contributed by atoms with Gasteiger partial charge in [-0.1, -0.05) is 18.2 Å². The molecule has 2 heterocycles. The van der Waals surface area contributed by atoms with E-state index in [1.807, 2.05) is 29.2 Å². The SMILES string of the molecule is Cl.Cl.FC(F)(F)C[C@@H](c1ccnc2ccccc12)N1CCNCC1. The Kier molecular flexibility index (Phi) is 7.73. The van der Waals surface area contributed by atoms with Gasteiger partial charge >= 0.3 is 6.18 Å². The average molecular weight is 382 g/mol. The maximum atomic E-state index is 13.1. The number of nitrogens with zero attached hydrogens (tertiary/aromatic N) is 2. The minimum absolute atomic E-state index is 0. The van der Waals surface area contributed by atoms with Crippen LogP contribution >= 0.6 is 24.8 Å². The Hall–Kier alpha value is -1.08. The highest BCUT2D eigenvalue weighted by atomic mass is 35.5. The Labute approximate surface area is 151 Å². The van der Waals surface area contributed by atoms with Gasteiger partial charge in [-0.15, -0.1) is 24.8 Å². The molecule has 134 valence electrons. The van der Waals surface area contributed by atoms with Gasteiger partial charge in [0.15, 0.2) is 0 Å². The zero-order valence-electron chi connectivity index (χ0n) is 12.9. The van der Waals surface area contributed by atoms with Crippen LogP contribution in [0.25, 0.3) is 10.9 Å². The second-order valence-corrected chi connectivity index (χ2v) is 5.54. The predicted molar refractivity (Wildman–Crippen MR) is 94.1 cm³/mol. The van der Waals surface area contributed by atoms with Gasteiger partial charge in [-0.3, -0.25) is 9.88 Å². The number of hydrogen-bond acceptors (Lipinski definition) is 3. The highest BCUT2D eigenvalue weighted by molar-refractivity contribution is 5.85.